The highest BCUT2D eigenvalue weighted by Crippen LogP contribution is 2.35. The van der Waals surface area contributed by atoms with E-state index in [0.29, 0.717) is 13.2 Å². The molecule has 3 aromatic rings. The van der Waals surface area contributed by atoms with E-state index in [-0.39, 0.29) is 0 Å². The van der Waals surface area contributed by atoms with Crippen molar-refractivity contribution in [2.45, 2.75) is 13.2 Å². The lowest BCUT2D eigenvalue weighted by Gasteiger charge is -2.19. The molecule has 0 bridgehead atoms. The Balaban J connectivity index is 1.87. The molecule has 1 aliphatic heterocycles. The highest BCUT2D eigenvalue weighted by atomic mass is 32.2. The number of sulfonamides is 1. The quantitative estimate of drug-likeness (QED) is 0.770. The number of nitrogens with one attached hydrogen (secondary N) is 1. The van der Waals surface area contributed by atoms with Gasteiger partial charge in [-0.3, -0.25) is 4.72 Å². The first-order valence-corrected chi connectivity index (χ1v) is 10.3. The molecular formula is C20H20N2O3S. The van der Waals surface area contributed by atoms with Crippen molar-refractivity contribution >= 4 is 26.5 Å². The lowest BCUT2D eigenvalue weighted by molar-refractivity contribution is 0.140. The molecular weight excluding hydrogens is 348 g/mol. The van der Waals surface area contributed by atoms with Crippen LogP contribution in [0, 0.1) is 0 Å². The lowest BCUT2D eigenvalue weighted by atomic mass is 10.0. The van der Waals surface area contributed by atoms with E-state index < -0.39 is 10.0 Å². The van der Waals surface area contributed by atoms with Crippen LogP contribution in [-0.4, -0.2) is 25.8 Å². The number of ether oxygens (including phenoxy) is 1. The predicted octanol–water partition coefficient (Wildman–Crippen LogP) is 3.11. The molecule has 1 aliphatic rings. The van der Waals surface area contributed by atoms with E-state index in [1.807, 2.05) is 30.3 Å². The molecule has 5 nitrogen and oxygen atoms in total. The van der Waals surface area contributed by atoms with Crippen LogP contribution in [0.4, 0.5) is 0 Å². The second-order valence-corrected chi connectivity index (χ2v) is 8.24. The Bertz CT molecular complexity index is 1080. The first-order valence-electron chi connectivity index (χ1n) is 8.41. The molecule has 134 valence electrons. The molecule has 4 rings (SSSR count). The molecule has 1 aromatic heterocycles. The first kappa shape index (κ1) is 16.9. The van der Waals surface area contributed by atoms with Crippen molar-refractivity contribution in [1.82, 2.24) is 9.29 Å². The van der Waals surface area contributed by atoms with Crippen molar-refractivity contribution in [3.05, 3.63) is 77.6 Å². The molecule has 0 saturated heterocycles. The van der Waals surface area contributed by atoms with Crippen molar-refractivity contribution in [1.29, 1.82) is 0 Å². The van der Waals surface area contributed by atoms with E-state index in [0.717, 1.165) is 40.5 Å². The van der Waals surface area contributed by atoms with E-state index in [1.54, 1.807) is 6.20 Å². The molecule has 0 unspecified atom stereocenters. The van der Waals surface area contributed by atoms with Crippen molar-refractivity contribution in [3.63, 3.8) is 0 Å². The summed E-state index contributed by atoms with van der Waals surface area (Å²) in [5.41, 5.74) is 5.32. The van der Waals surface area contributed by atoms with Crippen LogP contribution in [0.3, 0.4) is 0 Å². The summed E-state index contributed by atoms with van der Waals surface area (Å²) in [4.78, 5) is 0. The second kappa shape index (κ2) is 6.63. The number of hydrogen-bond acceptors (Lipinski definition) is 3. The minimum atomic E-state index is -3.31. The van der Waals surface area contributed by atoms with Gasteiger partial charge in [0.25, 0.3) is 0 Å². The van der Waals surface area contributed by atoms with Gasteiger partial charge in [-0.2, -0.15) is 0 Å². The first-order chi connectivity index (χ1) is 12.5. The standard InChI is InChI=1S/C20H20N2O3S/c1-26(23,24)21-11-16-13-25-14-19-20(16)17-9-5-6-10-18(17)22(19)12-15-7-3-2-4-8-15/h2-11,21H,12-14H2,1H3/b16-11+. The van der Waals surface area contributed by atoms with E-state index in [9.17, 15) is 8.42 Å². The fraction of sp³-hybridized carbons (Fsp3) is 0.200. The van der Waals surface area contributed by atoms with Gasteiger partial charge in [-0.1, -0.05) is 48.5 Å². The van der Waals surface area contributed by atoms with Gasteiger partial charge in [0.2, 0.25) is 10.0 Å². The minimum Gasteiger partial charge on any atom is -0.370 e. The predicted molar refractivity (Wildman–Crippen MR) is 103 cm³/mol. The molecule has 0 spiro atoms. The second-order valence-electron chi connectivity index (χ2n) is 6.46. The monoisotopic (exact) mass is 368 g/mol. The summed E-state index contributed by atoms with van der Waals surface area (Å²) < 4.78 is 33.5. The van der Waals surface area contributed by atoms with Crippen molar-refractivity contribution < 1.29 is 13.2 Å². The van der Waals surface area contributed by atoms with E-state index in [2.05, 4.69) is 33.6 Å². The van der Waals surface area contributed by atoms with Crippen LogP contribution in [-0.2, 0) is 27.9 Å². The average Bonchev–Trinajstić information content (AvgIpc) is 2.95. The summed E-state index contributed by atoms with van der Waals surface area (Å²) >= 11 is 0. The van der Waals surface area contributed by atoms with Crippen LogP contribution >= 0.6 is 0 Å². The Morgan fingerprint density at radius 2 is 1.81 bits per heavy atom. The molecule has 0 amide bonds. The van der Waals surface area contributed by atoms with Gasteiger partial charge in [0, 0.05) is 34.8 Å². The number of benzene rings is 2. The third-order valence-corrected chi connectivity index (χ3v) is 5.07. The fourth-order valence-electron chi connectivity index (χ4n) is 3.43. The highest BCUT2D eigenvalue weighted by Gasteiger charge is 2.24. The van der Waals surface area contributed by atoms with Gasteiger partial charge < -0.3 is 9.30 Å². The van der Waals surface area contributed by atoms with Crippen LogP contribution in [0.1, 0.15) is 16.8 Å². The normalized spacial score (nSPS) is 16.0. The molecule has 2 heterocycles. The highest BCUT2D eigenvalue weighted by molar-refractivity contribution is 7.88. The van der Waals surface area contributed by atoms with Gasteiger partial charge in [-0.25, -0.2) is 8.42 Å². The maximum atomic E-state index is 11.5. The van der Waals surface area contributed by atoms with Gasteiger partial charge in [-0.15, -0.1) is 0 Å². The average molecular weight is 368 g/mol. The maximum Gasteiger partial charge on any atom is 0.229 e. The smallest absolute Gasteiger partial charge is 0.229 e. The third kappa shape index (κ3) is 3.25. The Hall–Kier alpha value is -2.57. The summed E-state index contributed by atoms with van der Waals surface area (Å²) in [6, 6.07) is 18.5. The number of hydrogen-bond donors (Lipinski definition) is 1. The summed E-state index contributed by atoms with van der Waals surface area (Å²) in [7, 11) is -3.31. The van der Waals surface area contributed by atoms with Crippen molar-refractivity contribution in [2.75, 3.05) is 12.9 Å². The van der Waals surface area contributed by atoms with Gasteiger partial charge in [0.05, 0.1) is 25.2 Å². The zero-order valence-electron chi connectivity index (χ0n) is 14.5. The van der Waals surface area contributed by atoms with Gasteiger partial charge in [0.1, 0.15) is 0 Å². The Kier molecular flexibility index (Phi) is 4.30. The summed E-state index contributed by atoms with van der Waals surface area (Å²) in [6.45, 7) is 1.63. The maximum absolute atomic E-state index is 11.5. The zero-order chi connectivity index (χ0) is 18.1. The molecule has 0 aliphatic carbocycles. The van der Waals surface area contributed by atoms with E-state index in [1.165, 1.54) is 5.56 Å². The number of para-hydroxylation sites is 1. The molecule has 0 saturated carbocycles. The lowest BCUT2D eigenvalue weighted by Crippen LogP contribution is -2.19. The minimum absolute atomic E-state index is 0.384. The van der Waals surface area contributed by atoms with Crippen molar-refractivity contribution in [2.24, 2.45) is 0 Å². The van der Waals surface area contributed by atoms with E-state index >= 15 is 0 Å². The molecule has 26 heavy (non-hydrogen) atoms. The Morgan fingerprint density at radius 1 is 1.08 bits per heavy atom. The van der Waals surface area contributed by atoms with Gasteiger partial charge in [0.15, 0.2) is 0 Å². The largest absolute Gasteiger partial charge is 0.370 e. The molecule has 1 N–H and O–H groups in total. The summed E-state index contributed by atoms with van der Waals surface area (Å²) in [5.74, 6) is 0. The molecule has 6 heteroatoms. The zero-order valence-corrected chi connectivity index (χ0v) is 15.3. The number of aromatic nitrogens is 1. The van der Waals surface area contributed by atoms with Crippen LogP contribution < -0.4 is 4.72 Å². The van der Waals surface area contributed by atoms with Gasteiger partial charge >= 0.3 is 0 Å². The number of nitrogens with zero attached hydrogens (tertiary/aromatic N) is 1. The molecule has 2 aromatic carbocycles. The van der Waals surface area contributed by atoms with E-state index in [4.69, 9.17) is 4.74 Å². The SMILES string of the molecule is CS(=O)(=O)N/C=C1\COCc2c1c1ccccc1n2Cc1ccccc1. The Morgan fingerprint density at radius 3 is 2.58 bits per heavy atom. The van der Waals surface area contributed by atoms with Crippen molar-refractivity contribution in [3.8, 4) is 0 Å². The van der Waals surface area contributed by atoms with Crippen LogP contribution in [0.2, 0.25) is 0 Å². The molecule has 0 fully saturated rings. The van der Waals surface area contributed by atoms with Crippen LogP contribution in [0.15, 0.2) is 60.8 Å². The summed E-state index contributed by atoms with van der Waals surface area (Å²) in [5, 5.41) is 1.11. The van der Waals surface area contributed by atoms with Crippen LogP contribution in [0.25, 0.3) is 16.5 Å². The number of rotatable bonds is 4. The van der Waals surface area contributed by atoms with Crippen LogP contribution in [0.5, 0.6) is 0 Å². The molecule has 0 radical (unpaired) electrons. The third-order valence-electron chi connectivity index (χ3n) is 4.53. The fourth-order valence-corrected chi connectivity index (χ4v) is 3.79. The molecule has 0 atom stereocenters. The van der Waals surface area contributed by atoms with Gasteiger partial charge in [-0.05, 0) is 11.6 Å². The Labute approximate surface area is 153 Å². The number of fused-ring (bicyclic) bond motifs is 3. The summed E-state index contributed by atoms with van der Waals surface area (Å²) in [6.07, 6.45) is 2.69. The topological polar surface area (TPSA) is 60.3 Å².